The molecule has 1 saturated carbocycles. The highest BCUT2D eigenvalue weighted by Gasteiger charge is 2.41. The molecule has 4 heteroatoms. The van der Waals surface area contributed by atoms with Crippen molar-refractivity contribution in [2.45, 2.75) is 45.6 Å². The summed E-state index contributed by atoms with van der Waals surface area (Å²) in [4.78, 5) is 0.957. The minimum absolute atomic E-state index is 0.153. The summed E-state index contributed by atoms with van der Waals surface area (Å²) < 4.78 is 0.733. The topological polar surface area (TPSA) is 46.2 Å². The van der Waals surface area contributed by atoms with E-state index >= 15 is 0 Å². The van der Waals surface area contributed by atoms with Crippen molar-refractivity contribution in [2.75, 3.05) is 6.54 Å². The second-order valence-corrected chi connectivity index (χ2v) is 7.94. The summed E-state index contributed by atoms with van der Waals surface area (Å²) in [5.41, 5.74) is 5.86. The molecule has 0 saturated heterocycles. The Morgan fingerprint density at radius 2 is 2.05 bits per heavy atom. The molecular weight excluding hydrogens is 278 g/mol. The van der Waals surface area contributed by atoms with Gasteiger partial charge < -0.3 is 10.8 Å². The summed E-state index contributed by atoms with van der Waals surface area (Å²) in [6.45, 7) is 5.12. The van der Waals surface area contributed by atoms with E-state index in [0.717, 1.165) is 33.9 Å². The average Bonchev–Trinajstić information content (AvgIpc) is 2.84. The molecule has 0 radical (unpaired) electrons. The van der Waals surface area contributed by atoms with E-state index in [-0.39, 0.29) is 5.41 Å². The van der Waals surface area contributed by atoms with Crippen LogP contribution in [0.3, 0.4) is 0 Å². The van der Waals surface area contributed by atoms with Crippen molar-refractivity contribution in [1.82, 2.24) is 0 Å². The Hall–Kier alpha value is -0.0900. The molecule has 1 unspecified atom stereocenters. The summed E-state index contributed by atoms with van der Waals surface area (Å²) in [6.07, 6.45) is 3.91. The Labute approximate surface area is 125 Å². The number of halogens is 1. The van der Waals surface area contributed by atoms with E-state index in [9.17, 15) is 5.11 Å². The van der Waals surface area contributed by atoms with Crippen LogP contribution in [0.4, 0.5) is 0 Å². The molecule has 1 aliphatic rings. The molecule has 1 aromatic rings. The Morgan fingerprint density at radius 1 is 1.42 bits per heavy atom. The van der Waals surface area contributed by atoms with Gasteiger partial charge in [-0.25, -0.2) is 0 Å². The predicted octanol–water partition coefficient (Wildman–Crippen LogP) is 4.23. The van der Waals surface area contributed by atoms with Gasteiger partial charge in [-0.1, -0.05) is 25.4 Å². The molecule has 108 valence electrons. The van der Waals surface area contributed by atoms with Crippen LogP contribution in [0.2, 0.25) is 4.34 Å². The van der Waals surface area contributed by atoms with E-state index < -0.39 is 6.10 Å². The van der Waals surface area contributed by atoms with Gasteiger partial charge in [0.05, 0.1) is 10.4 Å². The maximum absolute atomic E-state index is 10.7. The van der Waals surface area contributed by atoms with E-state index in [4.69, 9.17) is 17.3 Å². The van der Waals surface area contributed by atoms with Crippen LogP contribution in [-0.4, -0.2) is 11.7 Å². The Bertz CT molecular complexity index is 410. The highest BCUT2D eigenvalue weighted by molar-refractivity contribution is 7.16. The lowest BCUT2D eigenvalue weighted by Crippen LogP contribution is -2.40. The van der Waals surface area contributed by atoms with Crippen molar-refractivity contribution < 1.29 is 5.11 Å². The SMILES string of the molecule is CC(C)C1CCC(CN)(C(O)c2ccc(Cl)s2)CC1. The molecule has 0 amide bonds. The third-order valence-electron chi connectivity index (χ3n) is 4.82. The molecule has 0 bridgehead atoms. The number of hydrogen-bond donors (Lipinski definition) is 2. The largest absolute Gasteiger partial charge is 0.387 e. The fraction of sp³-hybridized carbons (Fsp3) is 0.733. The van der Waals surface area contributed by atoms with Crippen LogP contribution in [0.1, 0.15) is 50.5 Å². The molecule has 2 nitrogen and oxygen atoms in total. The lowest BCUT2D eigenvalue weighted by Gasteiger charge is -2.43. The van der Waals surface area contributed by atoms with Crippen LogP contribution in [-0.2, 0) is 0 Å². The van der Waals surface area contributed by atoms with Gasteiger partial charge >= 0.3 is 0 Å². The fourth-order valence-corrected chi connectivity index (χ4v) is 4.44. The molecule has 0 spiro atoms. The number of hydrogen-bond acceptors (Lipinski definition) is 3. The van der Waals surface area contributed by atoms with Gasteiger partial charge in [0.1, 0.15) is 0 Å². The highest BCUT2D eigenvalue weighted by atomic mass is 35.5. The van der Waals surface area contributed by atoms with Crippen molar-refractivity contribution >= 4 is 22.9 Å². The van der Waals surface area contributed by atoms with Gasteiger partial charge in [-0.05, 0) is 49.7 Å². The molecule has 0 aliphatic heterocycles. The van der Waals surface area contributed by atoms with Crippen LogP contribution in [0.25, 0.3) is 0 Å². The van der Waals surface area contributed by atoms with Gasteiger partial charge in [-0.2, -0.15) is 0 Å². The number of aliphatic hydroxyl groups is 1. The smallest absolute Gasteiger partial charge is 0.0950 e. The van der Waals surface area contributed by atoms with Crippen LogP contribution in [0.15, 0.2) is 12.1 Å². The first-order valence-electron chi connectivity index (χ1n) is 7.12. The van der Waals surface area contributed by atoms with Crippen molar-refractivity contribution in [3.8, 4) is 0 Å². The molecule has 0 aromatic carbocycles. The summed E-state index contributed by atoms with van der Waals surface area (Å²) in [7, 11) is 0. The Morgan fingerprint density at radius 3 is 2.47 bits per heavy atom. The van der Waals surface area contributed by atoms with Crippen LogP contribution in [0.5, 0.6) is 0 Å². The van der Waals surface area contributed by atoms with Gasteiger partial charge in [-0.3, -0.25) is 0 Å². The Kier molecular flexibility index (Phi) is 4.93. The molecule has 1 fully saturated rings. The second kappa shape index (κ2) is 6.13. The maximum atomic E-state index is 10.7. The highest BCUT2D eigenvalue weighted by Crippen LogP contribution is 2.49. The molecular formula is C15H24ClNOS. The van der Waals surface area contributed by atoms with Crippen LogP contribution < -0.4 is 5.73 Å². The zero-order valence-corrected chi connectivity index (χ0v) is 13.3. The minimum Gasteiger partial charge on any atom is -0.387 e. The molecule has 1 atom stereocenters. The Balaban J connectivity index is 2.11. The summed E-state index contributed by atoms with van der Waals surface area (Å²) >= 11 is 7.44. The number of rotatable bonds is 4. The first-order chi connectivity index (χ1) is 8.98. The lowest BCUT2D eigenvalue weighted by atomic mass is 9.65. The third-order valence-corrected chi connectivity index (χ3v) is 6.10. The van der Waals surface area contributed by atoms with Gasteiger partial charge in [-0.15, -0.1) is 11.3 Å². The summed E-state index contributed by atoms with van der Waals surface area (Å²) in [5, 5.41) is 10.7. The average molecular weight is 302 g/mol. The van der Waals surface area contributed by atoms with E-state index in [1.165, 1.54) is 24.2 Å². The van der Waals surface area contributed by atoms with Gasteiger partial charge in [0, 0.05) is 16.8 Å². The number of aliphatic hydroxyl groups excluding tert-OH is 1. The first kappa shape index (κ1) is 15.3. The lowest BCUT2D eigenvalue weighted by molar-refractivity contribution is -0.0127. The first-order valence-corrected chi connectivity index (χ1v) is 8.31. The normalized spacial score (nSPS) is 29.7. The third kappa shape index (κ3) is 3.15. The minimum atomic E-state index is -0.469. The van der Waals surface area contributed by atoms with Crippen molar-refractivity contribution in [3.63, 3.8) is 0 Å². The second-order valence-electron chi connectivity index (χ2n) is 6.19. The zero-order chi connectivity index (χ0) is 14.0. The molecule has 3 N–H and O–H groups in total. The predicted molar refractivity (Wildman–Crippen MR) is 82.6 cm³/mol. The molecule has 2 rings (SSSR count). The standard InChI is InChI=1S/C15H24ClNOS/c1-10(2)11-5-7-15(9-17,8-6-11)14(18)12-3-4-13(16)19-12/h3-4,10-11,14,18H,5-9,17H2,1-2H3. The number of nitrogens with two attached hydrogens (primary N) is 1. The molecule has 1 aliphatic carbocycles. The van der Waals surface area contributed by atoms with E-state index in [1.807, 2.05) is 12.1 Å². The summed E-state index contributed by atoms with van der Waals surface area (Å²) in [5.74, 6) is 1.50. The van der Waals surface area contributed by atoms with E-state index in [1.54, 1.807) is 0 Å². The zero-order valence-electron chi connectivity index (χ0n) is 11.7. The summed E-state index contributed by atoms with van der Waals surface area (Å²) in [6, 6.07) is 3.79. The van der Waals surface area contributed by atoms with Crippen LogP contribution >= 0.6 is 22.9 Å². The van der Waals surface area contributed by atoms with Crippen molar-refractivity contribution in [3.05, 3.63) is 21.3 Å². The molecule has 1 heterocycles. The molecule has 19 heavy (non-hydrogen) atoms. The van der Waals surface area contributed by atoms with Gasteiger partial charge in [0.2, 0.25) is 0 Å². The van der Waals surface area contributed by atoms with Crippen LogP contribution in [0, 0.1) is 17.3 Å². The quantitative estimate of drug-likeness (QED) is 0.874. The van der Waals surface area contributed by atoms with E-state index in [2.05, 4.69) is 13.8 Å². The number of thiophene rings is 1. The van der Waals surface area contributed by atoms with E-state index in [0.29, 0.717) is 6.54 Å². The van der Waals surface area contributed by atoms with Gasteiger partial charge in [0.15, 0.2) is 0 Å². The van der Waals surface area contributed by atoms with Crippen molar-refractivity contribution in [2.24, 2.45) is 23.0 Å². The maximum Gasteiger partial charge on any atom is 0.0950 e. The monoisotopic (exact) mass is 301 g/mol. The van der Waals surface area contributed by atoms with Gasteiger partial charge in [0.25, 0.3) is 0 Å². The van der Waals surface area contributed by atoms with Crippen molar-refractivity contribution in [1.29, 1.82) is 0 Å². The fourth-order valence-electron chi connectivity index (χ4n) is 3.25. The molecule has 1 aromatic heterocycles.